The van der Waals surface area contributed by atoms with Crippen LogP contribution in [0.3, 0.4) is 0 Å². The van der Waals surface area contributed by atoms with Crippen molar-refractivity contribution < 1.29 is 19.2 Å². The number of rotatable bonds is 8. The van der Waals surface area contributed by atoms with Gasteiger partial charge in [-0.2, -0.15) is 5.10 Å². The third kappa shape index (κ3) is 4.93. The first-order valence-corrected chi connectivity index (χ1v) is 8.97. The number of esters is 1. The van der Waals surface area contributed by atoms with Crippen molar-refractivity contribution in [2.45, 2.75) is 46.6 Å². The number of carbonyl (C=O) groups is 2. The standard InChI is InChI=1S/C19H24N4O5/c1-5-12(2)15-8-6-7-9-16(15)20-17(24)11-28-18(25)10-22-14(4)19(23(26)27)13(3)21-22/h6-9,12H,5,10-11H2,1-4H3,(H,20,24)/t12-/m1/s1. The van der Waals surface area contributed by atoms with Crippen LogP contribution >= 0.6 is 0 Å². The molecule has 0 fully saturated rings. The lowest BCUT2D eigenvalue weighted by molar-refractivity contribution is -0.386. The molecule has 0 aliphatic rings. The molecule has 0 unspecified atom stereocenters. The fourth-order valence-corrected chi connectivity index (χ4v) is 2.87. The van der Waals surface area contributed by atoms with Gasteiger partial charge in [0.1, 0.15) is 17.9 Å². The molecule has 2 aromatic rings. The summed E-state index contributed by atoms with van der Waals surface area (Å²) in [6.07, 6.45) is 0.927. The zero-order valence-electron chi connectivity index (χ0n) is 16.4. The van der Waals surface area contributed by atoms with Crippen molar-refractivity contribution in [3.05, 3.63) is 51.3 Å². The van der Waals surface area contributed by atoms with E-state index in [1.165, 1.54) is 18.5 Å². The van der Waals surface area contributed by atoms with Gasteiger partial charge in [-0.25, -0.2) is 0 Å². The number of nitrogens with zero attached hydrogens (tertiary/aromatic N) is 3. The molecule has 1 heterocycles. The highest BCUT2D eigenvalue weighted by atomic mass is 16.6. The minimum atomic E-state index is -0.703. The first-order chi connectivity index (χ1) is 13.2. The number of nitrogens with one attached hydrogen (secondary N) is 1. The van der Waals surface area contributed by atoms with Gasteiger partial charge >= 0.3 is 11.7 Å². The summed E-state index contributed by atoms with van der Waals surface area (Å²) in [7, 11) is 0. The number of aryl methyl sites for hydroxylation is 1. The zero-order chi connectivity index (χ0) is 20.8. The second-order valence-electron chi connectivity index (χ2n) is 6.54. The number of nitro groups is 1. The molecule has 1 amide bonds. The molecule has 0 saturated carbocycles. The highest BCUT2D eigenvalue weighted by Gasteiger charge is 2.23. The third-order valence-electron chi connectivity index (χ3n) is 4.55. The lowest BCUT2D eigenvalue weighted by Gasteiger charge is -2.15. The van der Waals surface area contributed by atoms with Crippen LogP contribution in [0.4, 0.5) is 11.4 Å². The molecule has 9 heteroatoms. The van der Waals surface area contributed by atoms with Crippen molar-refractivity contribution in [3.63, 3.8) is 0 Å². The van der Waals surface area contributed by atoms with Gasteiger partial charge in [0, 0.05) is 5.69 Å². The SMILES string of the molecule is CC[C@@H](C)c1ccccc1NC(=O)COC(=O)Cn1nc(C)c([N+](=O)[O-])c1C. The molecule has 1 N–H and O–H groups in total. The molecule has 1 aromatic heterocycles. The number of hydrogen-bond acceptors (Lipinski definition) is 6. The van der Waals surface area contributed by atoms with E-state index >= 15 is 0 Å². The van der Waals surface area contributed by atoms with Crippen LogP contribution in [0.5, 0.6) is 0 Å². The Morgan fingerprint density at radius 3 is 2.61 bits per heavy atom. The van der Waals surface area contributed by atoms with Gasteiger partial charge in [0.05, 0.1) is 4.92 Å². The highest BCUT2D eigenvalue weighted by molar-refractivity contribution is 5.93. The molecule has 0 radical (unpaired) electrons. The summed E-state index contributed by atoms with van der Waals surface area (Å²) < 4.78 is 6.19. The molecule has 0 spiro atoms. The first kappa shape index (κ1) is 21.1. The fraction of sp³-hybridized carbons (Fsp3) is 0.421. The summed E-state index contributed by atoms with van der Waals surface area (Å²) in [5.41, 5.74) is 2.04. The number of aromatic nitrogens is 2. The third-order valence-corrected chi connectivity index (χ3v) is 4.55. The van der Waals surface area contributed by atoms with Crippen LogP contribution in [-0.4, -0.2) is 33.2 Å². The largest absolute Gasteiger partial charge is 0.454 e. The fourth-order valence-electron chi connectivity index (χ4n) is 2.87. The Balaban J connectivity index is 1.94. The van der Waals surface area contributed by atoms with Crippen molar-refractivity contribution in [2.24, 2.45) is 0 Å². The number of carbonyl (C=O) groups excluding carboxylic acids is 2. The molecule has 1 aromatic carbocycles. The van der Waals surface area contributed by atoms with Gasteiger partial charge < -0.3 is 10.1 Å². The Hall–Kier alpha value is -3.23. The smallest absolute Gasteiger partial charge is 0.328 e. The van der Waals surface area contributed by atoms with Crippen LogP contribution in [0, 0.1) is 24.0 Å². The summed E-state index contributed by atoms with van der Waals surface area (Å²) in [4.78, 5) is 34.6. The van der Waals surface area contributed by atoms with Gasteiger partial charge in [-0.3, -0.25) is 24.4 Å². The van der Waals surface area contributed by atoms with Crippen molar-refractivity contribution in [1.82, 2.24) is 9.78 Å². The van der Waals surface area contributed by atoms with Gasteiger partial charge in [0.2, 0.25) is 0 Å². The van der Waals surface area contributed by atoms with Crippen LogP contribution in [-0.2, 0) is 20.9 Å². The first-order valence-electron chi connectivity index (χ1n) is 8.97. The summed E-state index contributed by atoms with van der Waals surface area (Å²) in [5, 5.41) is 17.7. The molecule has 0 bridgehead atoms. The van der Waals surface area contributed by atoms with Gasteiger partial charge in [-0.1, -0.05) is 32.0 Å². The average molecular weight is 388 g/mol. The van der Waals surface area contributed by atoms with E-state index in [4.69, 9.17) is 4.74 Å². The number of anilines is 1. The second kappa shape index (κ2) is 9.12. The maximum absolute atomic E-state index is 12.1. The molecular weight excluding hydrogens is 364 g/mol. The van der Waals surface area contributed by atoms with Gasteiger partial charge in [0.15, 0.2) is 6.61 Å². The van der Waals surface area contributed by atoms with E-state index in [1.54, 1.807) is 6.07 Å². The highest BCUT2D eigenvalue weighted by Crippen LogP contribution is 2.26. The van der Waals surface area contributed by atoms with E-state index in [-0.39, 0.29) is 29.5 Å². The Kier molecular flexibility index (Phi) is 6.86. The molecule has 150 valence electrons. The van der Waals surface area contributed by atoms with E-state index in [0.29, 0.717) is 5.69 Å². The summed E-state index contributed by atoms with van der Waals surface area (Å²) in [6, 6.07) is 7.48. The molecule has 9 nitrogen and oxygen atoms in total. The Labute approximate surface area is 162 Å². The lowest BCUT2D eigenvalue weighted by Crippen LogP contribution is -2.24. The molecule has 0 aliphatic heterocycles. The van der Waals surface area contributed by atoms with E-state index in [2.05, 4.69) is 24.3 Å². The summed E-state index contributed by atoms with van der Waals surface area (Å²) in [5.74, 6) is -0.879. The van der Waals surface area contributed by atoms with E-state index in [0.717, 1.165) is 12.0 Å². The summed E-state index contributed by atoms with van der Waals surface area (Å²) >= 11 is 0. The normalized spacial score (nSPS) is 11.7. The molecule has 28 heavy (non-hydrogen) atoms. The van der Waals surface area contributed by atoms with Crippen LogP contribution in [0.25, 0.3) is 0 Å². The maximum atomic E-state index is 12.1. The topological polar surface area (TPSA) is 116 Å². The van der Waals surface area contributed by atoms with Crippen LogP contribution in [0.2, 0.25) is 0 Å². The molecule has 2 rings (SSSR count). The van der Waals surface area contributed by atoms with Crippen molar-refractivity contribution >= 4 is 23.3 Å². The molecule has 1 atom stereocenters. The van der Waals surface area contributed by atoms with Crippen LogP contribution in [0.15, 0.2) is 24.3 Å². The van der Waals surface area contributed by atoms with Gasteiger partial charge in [0.25, 0.3) is 5.91 Å². The van der Waals surface area contributed by atoms with Gasteiger partial charge in [-0.15, -0.1) is 0 Å². The molecular formula is C19H24N4O5. The summed E-state index contributed by atoms with van der Waals surface area (Å²) in [6.45, 7) is 6.37. The lowest BCUT2D eigenvalue weighted by atomic mass is 9.97. The predicted molar refractivity (Wildman–Crippen MR) is 103 cm³/mol. The number of ether oxygens (including phenoxy) is 1. The monoisotopic (exact) mass is 388 g/mol. The minimum absolute atomic E-state index is 0.132. The number of para-hydroxylation sites is 1. The van der Waals surface area contributed by atoms with Gasteiger partial charge in [-0.05, 0) is 37.8 Å². The quantitative estimate of drug-likeness (QED) is 0.422. The molecule has 0 saturated heterocycles. The Bertz CT molecular complexity index is 890. The molecule has 0 aliphatic carbocycles. The van der Waals surface area contributed by atoms with E-state index in [1.807, 2.05) is 18.2 Å². The zero-order valence-corrected chi connectivity index (χ0v) is 16.4. The second-order valence-corrected chi connectivity index (χ2v) is 6.54. The average Bonchev–Trinajstić information content (AvgIpc) is 2.93. The Morgan fingerprint density at radius 1 is 1.32 bits per heavy atom. The van der Waals surface area contributed by atoms with Crippen molar-refractivity contribution in [3.8, 4) is 0 Å². The van der Waals surface area contributed by atoms with E-state index < -0.39 is 23.4 Å². The van der Waals surface area contributed by atoms with Crippen molar-refractivity contribution in [1.29, 1.82) is 0 Å². The maximum Gasteiger partial charge on any atom is 0.328 e. The van der Waals surface area contributed by atoms with Crippen molar-refractivity contribution in [2.75, 3.05) is 11.9 Å². The minimum Gasteiger partial charge on any atom is -0.454 e. The Morgan fingerprint density at radius 2 is 2.00 bits per heavy atom. The number of amides is 1. The van der Waals surface area contributed by atoms with Crippen LogP contribution < -0.4 is 5.32 Å². The number of hydrogen-bond donors (Lipinski definition) is 1. The number of benzene rings is 1. The van der Waals surface area contributed by atoms with E-state index in [9.17, 15) is 19.7 Å². The predicted octanol–water partition coefficient (Wildman–Crippen LogP) is 3.10. The van der Waals surface area contributed by atoms with Crippen LogP contribution in [0.1, 0.15) is 43.1 Å².